The van der Waals surface area contributed by atoms with Gasteiger partial charge in [-0.3, -0.25) is 4.79 Å². The van der Waals surface area contributed by atoms with Gasteiger partial charge >= 0.3 is 0 Å². The van der Waals surface area contributed by atoms with Crippen LogP contribution in [0.5, 0.6) is 0 Å². The summed E-state index contributed by atoms with van der Waals surface area (Å²) in [5, 5.41) is 2.21. The Kier molecular flexibility index (Phi) is 3.89. The maximum atomic E-state index is 13.3. The van der Waals surface area contributed by atoms with Crippen LogP contribution < -0.4 is 5.32 Å². The summed E-state index contributed by atoms with van der Waals surface area (Å²) in [5.74, 6) is -4.75. The Bertz CT molecular complexity index is 582. The summed E-state index contributed by atoms with van der Waals surface area (Å²) in [6, 6.07) is 5.38. The van der Waals surface area contributed by atoms with Crippen molar-refractivity contribution in [3.05, 3.63) is 54.1 Å². The van der Waals surface area contributed by atoms with Crippen LogP contribution in [0, 0.1) is 17.5 Å². The van der Waals surface area contributed by atoms with Crippen molar-refractivity contribution in [3.63, 3.8) is 0 Å². The average molecular weight is 268 g/mol. The molecule has 19 heavy (non-hydrogen) atoms. The zero-order valence-electron chi connectivity index (χ0n) is 9.87. The lowest BCUT2D eigenvalue weighted by Gasteiger charge is -2.07. The number of anilines is 1. The molecule has 0 aliphatic carbocycles. The molecule has 0 aliphatic rings. The van der Waals surface area contributed by atoms with Gasteiger partial charge in [0.25, 0.3) is 0 Å². The van der Waals surface area contributed by atoms with Gasteiger partial charge in [-0.25, -0.2) is 13.2 Å². The molecule has 6 heteroatoms. The molecule has 0 fully saturated rings. The minimum atomic E-state index is -1.59. The van der Waals surface area contributed by atoms with Crippen LogP contribution in [-0.2, 0) is 11.3 Å². The second-order valence-corrected chi connectivity index (χ2v) is 3.94. The van der Waals surface area contributed by atoms with Crippen molar-refractivity contribution in [3.8, 4) is 0 Å². The first-order valence-corrected chi connectivity index (χ1v) is 5.62. The van der Waals surface area contributed by atoms with Gasteiger partial charge in [0.2, 0.25) is 5.91 Å². The van der Waals surface area contributed by atoms with Crippen molar-refractivity contribution in [2.75, 3.05) is 5.32 Å². The third-order valence-corrected chi connectivity index (χ3v) is 2.57. The lowest BCUT2D eigenvalue weighted by atomic mass is 10.2. The van der Waals surface area contributed by atoms with E-state index in [-0.39, 0.29) is 12.1 Å². The zero-order valence-corrected chi connectivity index (χ0v) is 9.87. The number of rotatable bonds is 4. The molecule has 0 radical (unpaired) electrons. The molecule has 1 aromatic heterocycles. The van der Waals surface area contributed by atoms with Crippen LogP contribution in [-0.4, -0.2) is 10.5 Å². The van der Waals surface area contributed by atoms with Crippen molar-refractivity contribution in [1.82, 2.24) is 4.57 Å². The number of halogens is 3. The fourth-order valence-electron chi connectivity index (χ4n) is 1.59. The van der Waals surface area contributed by atoms with Gasteiger partial charge in [-0.05, 0) is 24.3 Å². The lowest BCUT2D eigenvalue weighted by Crippen LogP contribution is -2.15. The third kappa shape index (κ3) is 3.15. The molecule has 0 spiro atoms. The number of nitrogens with one attached hydrogen (secondary N) is 1. The molecule has 0 unspecified atom stereocenters. The molecule has 1 amide bonds. The average Bonchev–Trinajstić information content (AvgIpc) is 2.90. The van der Waals surface area contributed by atoms with Gasteiger partial charge in [-0.1, -0.05) is 0 Å². The van der Waals surface area contributed by atoms with Crippen molar-refractivity contribution in [2.45, 2.75) is 13.0 Å². The summed E-state index contributed by atoms with van der Waals surface area (Å²) in [7, 11) is 0. The number of hydrogen-bond acceptors (Lipinski definition) is 1. The van der Waals surface area contributed by atoms with E-state index in [1.54, 1.807) is 17.0 Å². The van der Waals surface area contributed by atoms with E-state index in [2.05, 4.69) is 5.32 Å². The molecule has 1 aromatic carbocycles. The molecule has 100 valence electrons. The summed E-state index contributed by atoms with van der Waals surface area (Å²) in [5.41, 5.74) is -0.364. The quantitative estimate of drug-likeness (QED) is 0.850. The number of aryl methyl sites for hydroxylation is 1. The van der Waals surface area contributed by atoms with Crippen molar-refractivity contribution >= 4 is 11.6 Å². The Hall–Kier alpha value is -2.24. The van der Waals surface area contributed by atoms with Gasteiger partial charge in [0.15, 0.2) is 17.5 Å². The normalized spacial score (nSPS) is 10.5. The van der Waals surface area contributed by atoms with Crippen molar-refractivity contribution in [2.24, 2.45) is 0 Å². The largest absolute Gasteiger partial charge is 0.354 e. The number of aromatic nitrogens is 1. The molecular weight excluding hydrogens is 257 g/mol. The van der Waals surface area contributed by atoms with Gasteiger partial charge in [0.05, 0.1) is 5.69 Å². The first kappa shape index (κ1) is 13.2. The molecule has 3 nitrogen and oxygen atoms in total. The summed E-state index contributed by atoms with van der Waals surface area (Å²) < 4.78 is 40.7. The Balaban J connectivity index is 1.97. The first-order valence-electron chi connectivity index (χ1n) is 5.62. The van der Waals surface area contributed by atoms with Crippen LogP contribution in [0.4, 0.5) is 18.9 Å². The van der Waals surface area contributed by atoms with E-state index in [9.17, 15) is 18.0 Å². The summed E-state index contributed by atoms with van der Waals surface area (Å²) in [4.78, 5) is 11.5. The van der Waals surface area contributed by atoms with Gasteiger partial charge in [0, 0.05) is 25.4 Å². The van der Waals surface area contributed by atoms with E-state index < -0.39 is 23.4 Å². The highest BCUT2D eigenvalue weighted by Gasteiger charge is 2.14. The number of benzene rings is 1. The molecule has 0 saturated heterocycles. The Morgan fingerprint density at radius 3 is 2.47 bits per heavy atom. The van der Waals surface area contributed by atoms with Crippen LogP contribution >= 0.6 is 0 Å². The van der Waals surface area contributed by atoms with Gasteiger partial charge in [-0.2, -0.15) is 0 Å². The van der Waals surface area contributed by atoms with Crippen LogP contribution in [0.15, 0.2) is 36.7 Å². The predicted octanol–water partition coefficient (Wildman–Crippen LogP) is 2.93. The standard InChI is InChI=1S/C13H11F3N2O/c14-9-3-4-10(13(16)12(9)15)17-11(19)5-8-18-6-1-2-7-18/h1-4,6-7H,5,8H2,(H,17,19). The van der Waals surface area contributed by atoms with Gasteiger partial charge in [-0.15, -0.1) is 0 Å². The topological polar surface area (TPSA) is 34.0 Å². The van der Waals surface area contributed by atoms with Crippen LogP contribution in [0.3, 0.4) is 0 Å². The lowest BCUT2D eigenvalue weighted by molar-refractivity contribution is -0.116. The van der Waals surface area contributed by atoms with E-state index in [1.807, 2.05) is 12.1 Å². The maximum absolute atomic E-state index is 13.3. The molecule has 0 bridgehead atoms. The van der Waals surface area contributed by atoms with Gasteiger partial charge in [0.1, 0.15) is 0 Å². The van der Waals surface area contributed by atoms with E-state index in [0.717, 1.165) is 12.1 Å². The molecule has 2 rings (SSSR count). The van der Waals surface area contributed by atoms with Crippen LogP contribution in [0.25, 0.3) is 0 Å². The third-order valence-electron chi connectivity index (χ3n) is 2.57. The molecule has 0 atom stereocenters. The van der Waals surface area contributed by atoms with E-state index in [1.165, 1.54) is 0 Å². The number of nitrogens with zero attached hydrogens (tertiary/aromatic N) is 1. The molecule has 0 aliphatic heterocycles. The minimum Gasteiger partial charge on any atom is -0.354 e. The summed E-state index contributed by atoms with van der Waals surface area (Å²) in [6.07, 6.45) is 3.67. The predicted molar refractivity (Wildman–Crippen MR) is 64.0 cm³/mol. The van der Waals surface area contributed by atoms with Crippen LogP contribution in [0.1, 0.15) is 6.42 Å². The fourth-order valence-corrected chi connectivity index (χ4v) is 1.59. The molecule has 1 N–H and O–H groups in total. The second kappa shape index (κ2) is 5.60. The first-order chi connectivity index (χ1) is 9.08. The monoisotopic (exact) mass is 268 g/mol. The van der Waals surface area contributed by atoms with E-state index >= 15 is 0 Å². The van der Waals surface area contributed by atoms with Crippen LogP contribution in [0.2, 0.25) is 0 Å². The maximum Gasteiger partial charge on any atom is 0.226 e. The number of carbonyl (C=O) groups is 1. The number of hydrogen-bond donors (Lipinski definition) is 1. The smallest absolute Gasteiger partial charge is 0.226 e. The highest BCUT2D eigenvalue weighted by molar-refractivity contribution is 5.90. The second-order valence-electron chi connectivity index (χ2n) is 3.94. The highest BCUT2D eigenvalue weighted by Crippen LogP contribution is 2.19. The number of amides is 1. The van der Waals surface area contributed by atoms with E-state index in [4.69, 9.17) is 0 Å². The fraction of sp³-hybridized carbons (Fsp3) is 0.154. The molecule has 0 saturated carbocycles. The van der Waals surface area contributed by atoms with Crippen molar-refractivity contribution in [1.29, 1.82) is 0 Å². The molecule has 2 aromatic rings. The van der Waals surface area contributed by atoms with Crippen molar-refractivity contribution < 1.29 is 18.0 Å². The van der Waals surface area contributed by atoms with E-state index in [0.29, 0.717) is 6.54 Å². The Labute approximate surface area is 107 Å². The summed E-state index contributed by atoms with van der Waals surface area (Å²) in [6.45, 7) is 0.421. The van der Waals surface area contributed by atoms with Gasteiger partial charge < -0.3 is 9.88 Å². The SMILES string of the molecule is O=C(CCn1cccc1)Nc1ccc(F)c(F)c1F. The Morgan fingerprint density at radius 1 is 1.11 bits per heavy atom. The minimum absolute atomic E-state index is 0.104. The zero-order chi connectivity index (χ0) is 13.8. The number of carbonyl (C=O) groups excluding carboxylic acids is 1. The molecular formula is C13H11F3N2O. The Morgan fingerprint density at radius 2 is 1.79 bits per heavy atom. The molecule has 1 heterocycles. The highest BCUT2D eigenvalue weighted by atomic mass is 19.2. The summed E-state index contributed by atoms with van der Waals surface area (Å²) >= 11 is 0.